The Morgan fingerprint density at radius 3 is 2.34 bits per heavy atom. The van der Waals surface area contributed by atoms with Crippen molar-refractivity contribution in [2.45, 2.75) is 76.2 Å². The van der Waals surface area contributed by atoms with Gasteiger partial charge in [-0.2, -0.15) is 0 Å². The van der Waals surface area contributed by atoms with Crippen LogP contribution in [0, 0.1) is 5.92 Å². The smallest absolute Gasteiger partial charge is 0.0632 e. The molecule has 6 aliphatic rings. The van der Waals surface area contributed by atoms with Crippen LogP contribution < -0.4 is 4.90 Å². The molecule has 1 aliphatic heterocycles. The lowest BCUT2D eigenvalue weighted by Gasteiger charge is -2.33. The van der Waals surface area contributed by atoms with Crippen LogP contribution in [0.2, 0.25) is 0 Å². The van der Waals surface area contributed by atoms with Gasteiger partial charge in [-0.15, -0.1) is 0 Å². The molecular weight excluding hydrogens is 603 g/mol. The summed E-state index contributed by atoms with van der Waals surface area (Å²) in [5, 5.41) is 0. The molecule has 0 fully saturated rings. The van der Waals surface area contributed by atoms with Crippen LogP contribution in [0.5, 0.6) is 0 Å². The van der Waals surface area contributed by atoms with Gasteiger partial charge in [0.15, 0.2) is 0 Å². The Labute approximate surface area is 297 Å². The van der Waals surface area contributed by atoms with Crippen LogP contribution in [-0.4, -0.2) is 6.04 Å². The lowest BCUT2D eigenvalue weighted by molar-refractivity contribution is 0.607. The number of allylic oxidation sites excluding steroid dienone is 9. The van der Waals surface area contributed by atoms with Gasteiger partial charge < -0.3 is 4.90 Å². The van der Waals surface area contributed by atoms with Crippen molar-refractivity contribution >= 4 is 11.3 Å². The highest BCUT2D eigenvalue weighted by Crippen LogP contribution is 2.57. The average Bonchev–Trinajstić information content (AvgIpc) is 3.61. The molecule has 0 radical (unpaired) electrons. The van der Waals surface area contributed by atoms with Crippen molar-refractivity contribution in [1.29, 1.82) is 0 Å². The van der Waals surface area contributed by atoms with Crippen LogP contribution in [-0.2, 0) is 5.41 Å². The Kier molecular flexibility index (Phi) is 6.79. The van der Waals surface area contributed by atoms with Crippen molar-refractivity contribution in [2.75, 3.05) is 4.90 Å². The largest absolute Gasteiger partial charge is 0.334 e. The van der Waals surface area contributed by atoms with Crippen LogP contribution in [0.4, 0.5) is 5.69 Å². The zero-order valence-corrected chi connectivity index (χ0v) is 29.5. The van der Waals surface area contributed by atoms with Crippen molar-refractivity contribution < 1.29 is 0 Å². The molecule has 4 atom stereocenters. The van der Waals surface area contributed by atoms with E-state index in [1.165, 1.54) is 84.6 Å². The summed E-state index contributed by atoms with van der Waals surface area (Å²) in [6, 6.07) is 33.1. The number of hydrogen-bond acceptors (Lipinski definition) is 1. The minimum absolute atomic E-state index is 0.00739. The van der Waals surface area contributed by atoms with E-state index < -0.39 is 0 Å². The maximum Gasteiger partial charge on any atom is 0.0632 e. The Morgan fingerprint density at radius 2 is 1.46 bits per heavy atom. The summed E-state index contributed by atoms with van der Waals surface area (Å²) in [5.74, 6) is 1.12. The SMILES string of the molecule is CC(C1=CCCC=C1)C1c2ccccc2-c2cc(-c3ccc4c(c3)C3C=C5C(=CC3N4C3=CCCCC=C3)C(C)(C)c3ccccc35)ccc21. The first kappa shape index (κ1) is 30.0. The molecule has 1 heterocycles. The Balaban J connectivity index is 1.09. The van der Waals surface area contributed by atoms with Gasteiger partial charge in [-0.05, 0) is 129 Å². The van der Waals surface area contributed by atoms with E-state index in [0.717, 1.165) is 25.7 Å². The summed E-state index contributed by atoms with van der Waals surface area (Å²) in [6.45, 7) is 7.25. The number of rotatable bonds is 4. The van der Waals surface area contributed by atoms with Crippen LogP contribution in [0.15, 0.2) is 150 Å². The molecule has 0 amide bonds. The third kappa shape index (κ3) is 4.38. The standard InChI is InChI=1S/C49H45N/c1-31(32-15-7-6-8-16-32)48-38-21-12-11-19-36(38)40-27-33(23-25-39(40)48)34-24-26-46-42(28-34)43-29-41-37-20-13-14-22-44(37)49(2,3)45(41)30-47(43)50(46)35-17-9-4-5-10-18-35/h7,9,11-31,43,47-48H,4-6,8,10H2,1-3H3. The molecule has 0 spiro atoms. The molecular formula is C49H45N. The second-order valence-electron chi connectivity index (χ2n) is 15.8. The zero-order valence-electron chi connectivity index (χ0n) is 29.5. The summed E-state index contributed by atoms with van der Waals surface area (Å²) >= 11 is 0. The first-order valence-electron chi connectivity index (χ1n) is 18.9. The summed E-state index contributed by atoms with van der Waals surface area (Å²) in [5.41, 5.74) is 19.8. The Morgan fingerprint density at radius 1 is 0.680 bits per heavy atom. The predicted molar refractivity (Wildman–Crippen MR) is 210 cm³/mol. The first-order valence-corrected chi connectivity index (χ1v) is 18.9. The maximum absolute atomic E-state index is 2.66. The van der Waals surface area contributed by atoms with Crippen LogP contribution in [0.25, 0.3) is 27.8 Å². The van der Waals surface area contributed by atoms with E-state index in [2.05, 4.69) is 159 Å². The molecule has 0 saturated carbocycles. The van der Waals surface area contributed by atoms with Gasteiger partial charge >= 0.3 is 0 Å². The van der Waals surface area contributed by atoms with E-state index in [1.54, 1.807) is 0 Å². The molecule has 0 saturated heterocycles. The fourth-order valence-corrected chi connectivity index (χ4v) is 10.2. The topological polar surface area (TPSA) is 3.24 Å². The lowest BCUT2D eigenvalue weighted by atomic mass is 9.77. The van der Waals surface area contributed by atoms with Crippen molar-refractivity contribution in [2.24, 2.45) is 5.92 Å². The highest BCUT2D eigenvalue weighted by molar-refractivity contribution is 5.93. The molecule has 0 bridgehead atoms. The minimum Gasteiger partial charge on any atom is -0.334 e. The minimum atomic E-state index is -0.00739. The average molecular weight is 648 g/mol. The first-order chi connectivity index (χ1) is 24.5. The van der Waals surface area contributed by atoms with E-state index in [9.17, 15) is 0 Å². The van der Waals surface area contributed by atoms with E-state index in [4.69, 9.17) is 0 Å². The number of anilines is 1. The van der Waals surface area contributed by atoms with E-state index in [0.29, 0.717) is 17.8 Å². The third-order valence-corrected chi connectivity index (χ3v) is 12.7. The fourth-order valence-electron chi connectivity index (χ4n) is 10.2. The van der Waals surface area contributed by atoms with Crippen molar-refractivity contribution in [3.05, 3.63) is 178 Å². The number of benzene rings is 4. The van der Waals surface area contributed by atoms with Gasteiger partial charge in [-0.1, -0.05) is 130 Å². The van der Waals surface area contributed by atoms with Gasteiger partial charge in [0.05, 0.1) is 6.04 Å². The molecule has 5 aliphatic carbocycles. The number of hydrogen-bond donors (Lipinski definition) is 0. The number of nitrogens with zero attached hydrogens (tertiary/aromatic N) is 1. The quantitative estimate of drug-likeness (QED) is 0.213. The molecule has 1 nitrogen and oxygen atoms in total. The molecule has 10 rings (SSSR count). The summed E-state index contributed by atoms with van der Waals surface area (Å²) in [7, 11) is 0. The van der Waals surface area contributed by atoms with Gasteiger partial charge in [0.25, 0.3) is 0 Å². The molecule has 0 N–H and O–H groups in total. The third-order valence-electron chi connectivity index (χ3n) is 12.7. The Bertz CT molecular complexity index is 2260. The predicted octanol–water partition coefficient (Wildman–Crippen LogP) is 12.6. The van der Waals surface area contributed by atoms with E-state index in [-0.39, 0.29) is 11.5 Å². The molecule has 4 unspecified atom stereocenters. The van der Waals surface area contributed by atoms with Crippen LogP contribution in [0.3, 0.4) is 0 Å². The van der Waals surface area contributed by atoms with Gasteiger partial charge in [0, 0.05) is 28.6 Å². The molecule has 0 aromatic heterocycles. The van der Waals surface area contributed by atoms with Gasteiger partial charge in [0.1, 0.15) is 0 Å². The van der Waals surface area contributed by atoms with Crippen LogP contribution >= 0.6 is 0 Å². The molecule has 4 aromatic rings. The van der Waals surface area contributed by atoms with E-state index >= 15 is 0 Å². The van der Waals surface area contributed by atoms with Gasteiger partial charge in [-0.3, -0.25) is 0 Å². The van der Waals surface area contributed by atoms with Crippen molar-refractivity contribution in [3.8, 4) is 22.3 Å². The molecule has 4 aromatic carbocycles. The fraction of sp³-hybridized carbons (Fsp3) is 0.265. The molecule has 246 valence electrons. The van der Waals surface area contributed by atoms with Gasteiger partial charge in [-0.25, -0.2) is 0 Å². The zero-order chi connectivity index (χ0) is 33.6. The van der Waals surface area contributed by atoms with E-state index in [1.807, 2.05) is 0 Å². The normalized spacial score (nSPS) is 24.1. The van der Waals surface area contributed by atoms with Crippen molar-refractivity contribution in [1.82, 2.24) is 0 Å². The monoisotopic (exact) mass is 647 g/mol. The summed E-state index contributed by atoms with van der Waals surface area (Å²) in [4.78, 5) is 2.66. The lowest BCUT2D eigenvalue weighted by Crippen LogP contribution is -2.33. The van der Waals surface area contributed by atoms with Gasteiger partial charge in [0.2, 0.25) is 0 Å². The van der Waals surface area contributed by atoms with Crippen LogP contribution in [0.1, 0.15) is 92.5 Å². The summed E-state index contributed by atoms with van der Waals surface area (Å²) < 4.78 is 0. The Hall–Kier alpha value is -4.88. The highest BCUT2D eigenvalue weighted by Gasteiger charge is 2.46. The molecule has 50 heavy (non-hydrogen) atoms. The second kappa shape index (κ2) is 11.3. The maximum atomic E-state index is 2.66. The highest BCUT2D eigenvalue weighted by atomic mass is 15.2. The number of fused-ring (bicyclic) bond motifs is 9. The second-order valence-corrected chi connectivity index (χ2v) is 15.8. The van der Waals surface area contributed by atoms with Crippen molar-refractivity contribution in [3.63, 3.8) is 0 Å². The molecule has 1 heteroatoms. The summed E-state index contributed by atoms with van der Waals surface area (Å²) in [6.07, 6.45) is 25.5.